The fourth-order valence-electron chi connectivity index (χ4n) is 2.01. The molecule has 1 amide bonds. The molecule has 1 aliphatic heterocycles. The van der Waals surface area contributed by atoms with Crippen LogP contribution in [0.5, 0.6) is 0 Å². The number of carbonyl (C=O) groups excluding carboxylic acids is 1. The molecule has 1 heterocycles. The van der Waals surface area contributed by atoms with Gasteiger partial charge in [-0.05, 0) is 17.3 Å². The topological polar surface area (TPSA) is 32.3 Å². The van der Waals surface area contributed by atoms with Crippen molar-refractivity contribution in [1.29, 1.82) is 0 Å². The average molecular weight is 250 g/mol. The third-order valence-corrected chi connectivity index (χ3v) is 3.46. The third kappa shape index (κ3) is 3.79. The van der Waals surface area contributed by atoms with E-state index < -0.39 is 0 Å². The van der Waals surface area contributed by atoms with E-state index in [1.54, 1.807) is 0 Å². The second-order valence-corrected chi connectivity index (χ2v) is 5.04. The van der Waals surface area contributed by atoms with E-state index in [2.05, 4.69) is 38.8 Å². The summed E-state index contributed by atoms with van der Waals surface area (Å²) in [6.07, 6.45) is 1.46. The van der Waals surface area contributed by atoms with Crippen molar-refractivity contribution in [1.82, 2.24) is 10.2 Å². The molecule has 1 unspecified atom stereocenters. The zero-order chi connectivity index (χ0) is 12.1. The fraction of sp³-hybridized carbons (Fsp3) is 0.462. The summed E-state index contributed by atoms with van der Waals surface area (Å²) in [7, 11) is 2.67. The number of aryl methyl sites for hydroxylation is 1. The quantitative estimate of drug-likeness (QED) is 0.795. The minimum atomic E-state index is 0.279. The minimum absolute atomic E-state index is 0.279. The Kier molecular flexibility index (Phi) is 4.52. The second-order valence-electron chi connectivity index (χ2n) is 4.37. The predicted octanol–water partition coefficient (Wildman–Crippen LogP) is 0.551. The summed E-state index contributed by atoms with van der Waals surface area (Å²) in [4.78, 5) is 13.9. The van der Waals surface area contributed by atoms with E-state index >= 15 is 0 Å². The van der Waals surface area contributed by atoms with E-state index in [4.69, 9.17) is 0 Å². The number of carbonyl (C=O) groups is 1. The smallest absolute Gasteiger partial charge is 0.222 e. The lowest BCUT2D eigenvalue weighted by atomic mass is 10.1. The number of amides is 1. The summed E-state index contributed by atoms with van der Waals surface area (Å²) in [5, 5.41) is 4.44. The molecule has 92 valence electrons. The maximum atomic E-state index is 11.9. The van der Waals surface area contributed by atoms with Crippen LogP contribution >= 0.6 is 9.24 Å². The Morgan fingerprint density at radius 3 is 2.53 bits per heavy atom. The van der Waals surface area contributed by atoms with Gasteiger partial charge in [-0.1, -0.05) is 24.3 Å². The van der Waals surface area contributed by atoms with E-state index in [-0.39, 0.29) is 5.91 Å². The molecule has 1 aromatic carbocycles. The fourth-order valence-corrected chi connectivity index (χ4v) is 2.20. The molecule has 1 fully saturated rings. The molecule has 1 aliphatic rings. The maximum absolute atomic E-state index is 11.9. The van der Waals surface area contributed by atoms with Crippen molar-refractivity contribution < 1.29 is 4.79 Å². The Balaban J connectivity index is 1.81. The summed E-state index contributed by atoms with van der Waals surface area (Å²) in [5.74, 6) is 0.279. The third-order valence-electron chi connectivity index (χ3n) is 3.08. The number of hydrogen-bond donors (Lipinski definition) is 1. The van der Waals surface area contributed by atoms with Gasteiger partial charge in [0.1, 0.15) is 0 Å². The highest BCUT2D eigenvalue weighted by molar-refractivity contribution is 7.27. The molecule has 0 spiro atoms. The Morgan fingerprint density at radius 1 is 1.24 bits per heavy atom. The highest BCUT2D eigenvalue weighted by Gasteiger charge is 2.15. The van der Waals surface area contributed by atoms with E-state index in [0.717, 1.165) is 32.6 Å². The first-order chi connectivity index (χ1) is 8.25. The summed E-state index contributed by atoms with van der Waals surface area (Å²) in [6.45, 7) is 3.55. The summed E-state index contributed by atoms with van der Waals surface area (Å²) < 4.78 is 0. The van der Waals surface area contributed by atoms with Gasteiger partial charge in [-0.2, -0.15) is 0 Å². The van der Waals surface area contributed by atoms with E-state index in [9.17, 15) is 4.79 Å². The zero-order valence-corrected chi connectivity index (χ0v) is 11.1. The molecule has 0 radical (unpaired) electrons. The van der Waals surface area contributed by atoms with Crippen molar-refractivity contribution >= 4 is 20.5 Å². The maximum Gasteiger partial charge on any atom is 0.222 e. The standard InChI is InChI=1S/C13H19N2OP/c16-13(15-9-7-14-8-10-15)6-3-11-1-4-12(17)5-2-11/h1-2,4-5,14H,3,6-10,17H2. The second kappa shape index (κ2) is 6.13. The average Bonchev–Trinajstić information content (AvgIpc) is 2.39. The van der Waals surface area contributed by atoms with Crippen LogP contribution < -0.4 is 10.6 Å². The lowest BCUT2D eigenvalue weighted by molar-refractivity contribution is -0.131. The van der Waals surface area contributed by atoms with E-state index in [1.807, 2.05) is 4.90 Å². The van der Waals surface area contributed by atoms with Crippen LogP contribution in [-0.2, 0) is 11.2 Å². The van der Waals surface area contributed by atoms with Crippen molar-refractivity contribution in [3.8, 4) is 0 Å². The summed E-state index contributed by atoms with van der Waals surface area (Å²) in [5.41, 5.74) is 1.24. The molecule has 4 heteroatoms. The van der Waals surface area contributed by atoms with E-state index in [0.29, 0.717) is 6.42 Å². The van der Waals surface area contributed by atoms with Crippen LogP contribution in [0.1, 0.15) is 12.0 Å². The Labute approximate surface area is 105 Å². The molecular formula is C13H19N2OP. The molecule has 0 saturated carbocycles. The van der Waals surface area contributed by atoms with Crippen LogP contribution in [0.3, 0.4) is 0 Å². The molecule has 1 N–H and O–H groups in total. The highest BCUT2D eigenvalue weighted by atomic mass is 31.0. The van der Waals surface area contributed by atoms with Crippen molar-refractivity contribution in [3.63, 3.8) is 0 Å². The van der Waals surface area contributed by atoms with Gasteiger partial charge in [-0.25, -0.2) is 0 Å². The van der Waals surface area contributed by atoms with Gasteiger partial charge in [0, 0.05) is 32.6 Å². The van der Waals surface area contributed by atoms with E-state index in [1.165, 1.54) is 10.9 Å². The molecule has 1 saturated heterocycles. The highest BCUT2D eigenvalue weighted by Crippen LogP contribution is 2.05. The Bertz CT molecular complexity index is 372. The Hall–Kier alpha value is -0.920. The van der Waals surface area contributed by atoms with Gasteiger partial charge in [0.15, 0.2) is 0 Å². The molecule has 3 nitrogen and oxygen atoms in total. The number of piperazine rings is 1. The van der Waals surface area contributed by atoms with Gasteiger partial charge < -0.3 is 10.2 Å². The number of nitrogens with one attached hydrogen (secondary N) is 1. The largest absolute Gasteiger partial charge is 0.340 e. The van der Waals surface area contributed by atoms with Gasteiger partial charge in [0.05, 0.1) is 0 Å². The molecule has 0 aromatic heterocycles. The van der Waals surface area contributed by atoms with Crippen molar-refractivity contribution in [2.45, 2.75) is 12.8 Å². The minimum Gasteiger partial charge on any atom is -0.340 e. The zero-order valence-electron chi connectivity index (χ0n) is 9.98. The summed E-state index contributed by atoms with van der Waals surface area (Å²) >= 11 is 0. The van der Waals surface area contributed by atoms with Crippen LogP contribution in [-0.4, -0.2) is 37.0 Å². The monoisotopic (exact) mass is 250 g/mol. The molecule has 0 aliphatic carbocycles. The number of rotatable bonds is 3. The number of nitrogens with zero attached hydrogens (tertiary/aromatic N) is 1. The summed E-state index contributed by atoms with van der Waals surface area (Å²) in [6, 6.07) is 8.31. The SMILES string of the molecule is O=C(CCc1ccc(P)cc1)N1CCNCC1. The van der Waals surface area contributed by atoms with Gasteiger partial charge in [-0.15, -0.1) is 9.24 Å². The van der Waals surface area contributed by atoms with Crippen molar-refractivity contribution in [2.75, 3.05) is 26.2 Å². The van der Waals surface area contributed by atoms with Crippen LogP contribution in [0.25, 0.3) is 0 Å². The van der Waals surface area contributed by atoms with Crippen molar-refractivity contribution in [3.05, 3.63) is 29.8 Å². The van der Waals surface area contributed by atoms with Crippen LogP contribution in [0, 0.1) is 0 Å². The number of benzene rings is 1. The van der Waals surface area contributed by atoms with Crippen molar-refractivity contribution in [2.24, 2.45) is 0 Å². The van der Waals surface area contributed by atoms with Gasteiger partial charge >= 0.3 is 0 Å². The van der Waals surface area contributed by atoms with Gasteiger partial charge in [-0.3, -0.25) is 4.79 Å². The predicted molar refractivity (Wildman–Crippen MR) is 73.6 cm³/mol. The first-order valence-electron chi connectivity index (χ1n) is 6.08. The van der Waals surface area contributed by atoms with Crippen LogP contribution in [0.2, 0.25) is 0 Å². The molecule has 1 atom stereocenters. The lowest BCUT2D eigenvalue weighted by Crippen LogP contribution is -2.46. The first kappa shape index (κ1) is 12.5. The Morgan fingerprint density at radius 2 is 1.88 bits per heavy atom. The molecular weight excluding hydrogens is 231 g/mol. The lowest BCUT2D eigenvalue weighted by Gasteiger charge is -2.27. The van der Waals surface area contributed by atoms with Crippen LogP contribution in [0.15, 0.2) is 24.3 Å². The first-order valence-corrected chi connectivity index (χ1v) is 6.66. The molecule has 2 rings (SSSR count). The normalized spacial score (nSPS) is 15.9. The molecule has 17 heavy (non-hydrogen) atoms. The van der Waals surface area contributed by atoms with Gasteiger partial charge in [0.2, 0.25) is 5.91 Å². The molecule has 1 aromatic rings. The van der Waals surface area contributed by atoms with Gasteiger partial charge in [0.25, 0.3) is 0 Å². The number of hydrogen-bond acceptors (Lipinski definition) is 2. The van der Waals surface area contributed by atoms with Crippen LogP contribution in [0.4, 0.5) is 0 Å². The molecule has 0 bridgehead atoms.